The van der Waals surface area contributed by atoms with Gasteiger partial charge in [0.2, 0.25) is 0 Å². The average molecular weight is 316 g/mol. The van der Waals surface area contributed by atoms with Crippen LogP contribution in [-0.2, 0) is 6.42 Å². The Hall–Kier alpha value is -1.27. The molecule has 0 atom stereocenters. The Morgan fingerprint density at radius 3 is 2.78 bits per heavy atom. The Labute approximate surface area is 112 Å². The second kappa shape index (κ2) is 5.58. The molecule has 0 aliphatic heterocycles. The van der Waals surface area contributed by atoms with Gasteiger partial charge in [-0.05, 0) is 35.1 Å². The van der Waals surface area contributed by atoms with Gasteiger partial charge in [0.25, 0.3) is 0 Å². The normalized spacial score (nSPS) is 10.9. The molecule has 0 unspecified atom stereocenters. The Balaban J connectivity index is 2.30. The van der Waals surface area contributed by atoms with Gasteiger partial charge in [-0.15, -0.1) is 0 Å². The lowest BCUT2D eigenvalue weighted by atomic mass is 10.3. The first kappa shape index (κ1) is 13.2. The van der Waals surface area contributed by atoms with Crippen LogP contribution in [0.25, 0.3) is 5.69 Å². The van der Waals surface area contributed by atoms with E-state index in [1.54, 1.807) is 6.20 Å². The molecule has 1 aromatic heterocycles. The molecule has 6 heteroatoms. The van der Waals surface area contributed by atoms with E-state index in [1.165, 1.54) is 10.7 Å². The molecule has 0 aliphatic rings. The maximum absolute atomic E-state index is 13.1. The topological polar surface area (TPSA) is 29.9 Å². The molecule has 1 aromatic carbocycles. The van der Waals surface area contributed by atoms with Gasteiger partial charge >= 0.3 is 0 Å². The third-order valence-electron chi connectivity index (χ3n) is 2.52. The zero-order valence-corrected chi connectivity index (χ0v) is 11.3. The van der Waals surface area contributed by atoms with Crippen LogP contribution >= 0.6 is 15.9 Å². The molecule has 3 nitrogen and oxygen atoms in total. The number of rotatable bonds is 4. The third kappa shape index (κ3) is 2.76. The summed E-state index contributed by atoms with van der Waals surface area (Å²) in [4.78, 5) is 0. The first-order valence-electron chi connectivity index (χ1n) is 5.46. The Morgan fingerprint density at radius 2 is 2.11 bits per heavy atom. The van der Waals surface area contributed by atoms with Crippen LogP contribution in [-0.4, -0.2) is 23.4 Å². The van der Waals surface area contributed by atoms with E-state index in [2.05, 4.69) is 26.3 Å². The number of likely N-dealkylation sites (N-methyl/N-ethyl adjacent to an activating group) is 1. The minimum Gasteiger partial charge on any atom is -0.319 e. The number of hydrogen-bond acceptors (Lipinski definition) is 2. The van der Waals surface area contributed by atoms with Gasteiger partial charge in [-0.1, -0.05) is 0 Å². The SMILES string of the molecule is CNCCc1nn(-c2ccc(F)c(F)c2)cc1Br. The summed E-state index contributed by atoms with van der Waals surface area (Å²) in [6, 6.07) is 3.70. The van der Waals surface area contributed by atoms with Crippen molar-refractivity contribution in [3.05, 3.63) is 46.2 Å². The fourth-order valence-electron chi connectivity index (χ4n) is 1.56. The summed E-state index contributed by atoms with van der Waals surface area (Å²) in [5, 5.41) is 7.36. The van der Waals surface area contributed by atoms with Crippen molar-refractivity contribution in [1.29, 1.82) is 0 Å². The zero-order chi connectivity index (χ0) is 13.1. The monoisotopic (exact) mass is 315 g/mol. The Morgan fingerprint density at radius 1 is 1.33 bits per heavy atom. The third-order valence-corrected chi connectivity index (χ3v) is 3.18. The van der Waals surface area contributed by atoms with Gasteiger partial charge in [-0.25, -0.2) is 13.5 Å². The summed E-state index contributed by atoms with van der Waals surface area (Å²) in [6.45, 7) is 0.799. The summed E-state index contributed by atoms with van der Waals surface area (Å²) in [5.74, 6) is -1.74. The van der Waals surface area contributed by atoms with Crippen LogP contribution in [0.2, 0.25) is 0 Å². The summed E-state index contributed by atoms with van der Waals surface area (Å²) >= 11 is 3.40. The second-order valence-electron chi connectivity index (χ2n) is 3.82. The lowest BCUT2D eigenvalue weighted by Gasteiger charge is -2.01. The van der Waals surface area contributed by atoms with Gasteiger partial charge in [-0.3, -0.25) is 0 Å². The van der Waals surface area contributed by atoms with Gasteiger partial charge in [-0.2, -0.15) is 5.10 Å². The van der Waals surface area contributed by atoms with Gasteiger partial charge in [0.15, 0.2) is 11.6 Å². The van der Waals surface area contributed by atoms with Crippen molar-refractivity contribution in [2.24, 2.45) is 0 Å². The Bertz CT molecular complexity index is 554. The molecule has 0 radical (unpaired) electrons. The molecule has 0 fully saturated rings. The fraction of sp³-hybridized carbons (Fsp3) is 0.250. The predicted molar refractivity (Wildman–Crippen MR) is 68.8 cm³/mol. The van der Waals surface area contributed by atoms with Gasteiger partial charge < -0.3 is 5.32 Å². The largest absolute Gasteiger partial charge is 0.319 e. The van der Waals surface area contributed by atoms with Crippen LogP contribution in [0.1, 0.15) is 5.69 Å². The fourth-order valence-corrected chi connectivity index (χ4v) is 2.03. The molecule has 0 saturated carbocycles. The zero-order valence-electron chi connectivity index (χ0n) is 9.75. The molecular formula is C12H12BrF2N3. The van der Waals surface area contributed by atoms with E-state index in [1.807, 2.05) is 7.05 Å². The van der Waals surface area contributed by atoms with E-state index < -0.39 is 11.6 Å². The maximum atomic E-state index is 13.1. The number of hydrogen-bond donors (Lipinski definition) is 1. The highest BCUT2D eigenvalue weighted by atomic mass is 79.9. The van der Waals surface area contributed by atoms with Crippen LogP contribution in [0.4, 0.5) is 8.78 Å². The molecular weight excluding hydrogens is 304 g/mol. The van der Waals surface area contributed by atoms with Crippen molar-refractivity contribution in [1.82, 2.24) is 15.1 Å². The van der Waals surface area contributed by atoms with E-state index in [-0.39, 0.29) is 0 Å². The van der Waals surface area contributed by atoms with Crippen LogP contribution < -0.4 is 5.32 Å². The van der Waals surface area contributed by atoms with Gasteiger partial charge in [0.05, 0.1) is 15.9 Å². The van der Waals surface area contributed by atoms with E-state index >= 15 is 0 Å². The van der Waals surface area contributed by atoms with Crippen LogP contribution in [0.15, 0.2) is 28.9 Å². The lowest BCUT2D eigenvalue weighted by molar-refractivity contribution is 0.507. The van der Waals surface area contributed by atoms with Crippen molar-refractivity contribution in [2.75, 3.05) is 13.6 Å². The molecule has 0 saturated heterocycles. The second-order valence-corrected chi connectivity index (χ2v) is 4.67. The lowest BCUT2D eigenvalue weighted by Crippen LogP contribution is -2.11. The number of aromatic nitrogens is 2. The van der Waals surface area contributed by atoms with Crippen molar-refractivity contribution < 1.29 is 8.78 Å². The molecule has 0 amide bonds. The van der Waals surface area contributed by atoms with E-state index in [9.17, 15) is 8.78 Å². The van der Waals surface area contributed by atoms with E-state index in [0.29, 0.717) is 5.69 Å². The molecule has 96 valence electrons. The Kier molecular flexibility index (Phi) is 4.08. The van der Waals surface area contributed by atoms with Crippen LogP contribution in [0.3, 0.4) is 0 Å². The van der Waals surface area contributed by atoms with Gasteiger partial charge in [0.1, 0.15) is 0 Å². The molecule has 2 aromatic rings. The van der Waals surface area contributed by atoms with Crippen molar-refractivity contribution >= 4 is 15.9 Å². The highest BCUT2D eigenvalue weighted by Crippen LogP contribution is 2.19. The maximum Gasteiger partial charge on any atom is 0.160 e. The minimum atomic E-state index is -0.879. The van der Waals surface area contributed by atoms with Crippen LogP contribution in [0.5, 0.6) is 0 Å². The number of nitrogens with one attached hydrogen (secondary N) is 1. The molecule has 0 spiro atoms. The average Bonchev–Trinajstić information content (AvgIpc) is 2.72. The molecule has 1 heterocycles. The standard InChI is InChI=1S/C12H12BrF2N3/c1-16-5-4-12-9(13)7-18(17-12)8-2-3-10(14)11(15)6-8/h2-3,6-7,16H,4-5H2,1H3. The first-order valence-corrected chi connectivity index (χ1v) is 6.25. The summed E-state index contributed by atoms with van der Waals surface area (Å²) in [5.41, 5.74) is 1.36. The smallest absolute Gasteiger partial charge is 0.160 e. The quantitative estimate of drug-likeness (QED) is 0.940. The molecule has 1 N–H and O–H groups in total. The van der Waals surface area contributed by atoms with E-state index in [0.717, 1.165) is 35.3 Å². The molecule has 0 aliphatic carbocycles. The van der Waals surface area contributed by atoms with Crippen LogP contribution in [0, 0.1) is 11.6 Å². The molecule has 2 rings (SSSR count). The molecule has 0 bridgehead atoms. The van der Waals surface area contributed by atoms with Gasteiger partial charge in [0, 0.05) is 25.2 Å². The highest BCUT2D eigenvalue weighted by molar-refractivity contribution is 9.10. The van der Waals surface area contributed by atoms with Crippen molar-refractivity contribution in [3.63, 3.8) is 0 Å². The van der Waals surface area contributed by atoms with Crippen molar-refractivity contribution in [3.8, 4) is 5.69 Å². The first-order chi connectivity index (χ1) is 8.61. The number of nitrogens with zero attached hydrogens (tertiary/aromatic N) is 2. The summed E-state index contributed by atoms with van der Waals surface area (Å²) < 4.78 is 28.4. The molecule has 18 heavy (non-hydrogen) atoms. The summed E-state index contributed by atoms with van der Waals surface area (Å²) in [7, 11) is 1.86. The minimum absolute atomic E-state index is 0.491. The predicted octanol–water partition coefficient (Wildman–Crippen LogP) is 2.67. The summed E-state index contributed by atoms with van der Waals surface area (Å²) in [6.07, 6.45) is 2.49. The van der Waals surface area contributed by atoms with E-state index in [4.69, 9.17) is 0 Å². The number of halogens is 3. The highest BCUT2D eigenvalue weighted by Gasteiger charge is 2.09. The number of benzene rings is 1. The van der Waals surface area contributed by atoms with Crippen molar-refractivity contribution in [2.45, 2.75) is 6.42 Å².